The minimum Gasteiger partial charge on any atom is -0.490 e. The first-order valence-electron chi connectivity index (χ1n) is 10.8. The maximum absolute atomic E-state index is 12.4. The summed E-state index contributed by atoms with van der Waals surface area (Å²) in [6, 6.07) is 15.6. The molecule has 3 aromatic rings. The number of hydrogen-bond donors (Lipinski definition) is 1. The Morgan fingerprint density at radius 2 is 1.82 bits per heavy atom. The SMILES string of the molecule is C=CCOc1ccc2c(-c3ccc(C(=O)OCC(Cl)CC(C)C)cc3)c(C(=O)O)ccc2c1. The van der Waals surface area contributed by atoms with E-state index in [1.54, 1.807) is 48.5 Å². The van der Waals surface area contributed by atoms with Crippen LogP contribution in [-0.2, 0) is 4.74 Å². The first kappa shape index (κ1) is 24.3. The highest BCUT2D eigenvalue weighted by molar-refractivity contribution is 6.20. The summed E-state index contributed by atoms with van der Waals surface area (Å²) in [6.45, 7) is 8.28. The van der Waals surface area contributed by atoms with Gasteiger partial charge in [0.2, 0.25) is 0 Å². The molecule has 1 N–H and O–H groups in total. The van der Waals surface area contributed by atoms with Crippen LogP contribution in [-0.4, -0.2) is 35.6 Å². The Hall–Kier alpha value is -3.31. The molecule has 6 heteroatoms. The summed E-state index contributed by atoms with van der Waals surface area (Å²) in [5.74, 6) is -0.402. The topological polar surface area (TPSA) is 72.8 Å². The van der Waals surface area contributed by atoms with Crippen molar-refractivity contribution in [2.24, 2.45) is 5.92 Å². The van der Waals surface area contributed by atoms with Crippen LogP contribution in [0.5, 0.6) is 5.75 Å². The van der Waals surface area contributed by atoms with Crippen molar-refractivity contribution in [1.29, 1.82) is 0 Å². The summed E-state index contributed by atoms with van der Waals surface area (Å²) >= 11 is 6.21. The number of halogens is 1. The molecule has 0 heterocycles. The first-order chi connectivity index (χ1) is 15.8. The average molecular weight is 467 g/mol. The number of fused-ring (bicyclic) bond motifs is 1. The lowest BCUT2D eigenvalue weighted by Gasteiger charge is -2.14. The number of ether oxygens (including phenoxy) is 2. The zero-order chi connectivity index (χ0) is 24.0. The van der Waals surface area contributed by atoms with E-state index in [0.29, 0.717) is 35.0 Å². The second kappa shape index (κ2) is 11.0. The van der Waals surface area contributed by atoms with Gasteiger partial charge in [0.05, 0.1) is 16.5 Å². The highest BCUT2D eigenvalue weighted by atomic mass is 35.5. The molecule has 0 amide bonds. The summed E-state index contributed by atoms with van der Waals surface area (Å²) in [5, 5.41) is 11.1. The third-order valence-electron chi connectivity index (χ3n) is 5.12. The fourth-order valence-electron chi connectivity index (χ4n) is 3.64. The van der Waals surface area contributed by atoms with Crippen molar-refractivity contribution in [3.05, 3.63) is 78.4 Å². The number of alkyl halides is 1. The van der Waals surface area contributed by atoms with E-state index in [2.05, 4.69) is 20.4 Å². The smallest absolute Gasteiger partial charge is 0.338 e. The Morgan fingerprint density at radius 1 is 1.09 bits per heavy atom. The van der Waals surface area contributed by atoms with Crippen molar-refractivity contribution in [3.63, 3.8) is 0 Å². The van der Waals surface area contributed by atoms with Gasteiger partial charge in [0, 0.05) is 5.56 Å². The van der Waals surface area contributed by atoms with E-state index in [1.807, 2.05) is 12.1 Å². The van der Waals surface area contributed by atoms with Crippen LogP contribution < -0.4 is 4.74 Å². The van der Waals surface area contributed by atoms with Gasteiger partial charge in [-0.25, -0.2) is 9.59 Å². The fourth-order valence-corrected chi connectivity index (χ4v) is 4.06. The summed E-state index contributed by atoms with van der Waals surface area (Å²) < 4.78 is 10.9. The fraction of sp³-hybridized carbons (Fsp3) is 0.259. The van der Waals surface area contributed by atoms with Crippen LogP contribution in [0.3, 0.4) is 0 Å². The molecule has 5 nitrogen and oxygen atoms in total. The zero-order valence-electron chi connectivity index (χ0n) is 18.7. The summed E-state index contributed by atoms with van der Waals surface area (Å²) in [6.07, 6.45) is 2.42. The molecule has 172 valence electrons. The van der Waals surface area contributed by atoms with Crippen LogP contribution in [0.15, 0.2) is 67.3 Å². The Kier molecular flexibility index (Phi) is 8.12. The van der Waals surface area contributed by atoms with Crippen LogP contribution in [0, 0.1) is 5.92 Å². The molecular weight excluding hydrogens is 440 g/mol. The molecule has 0 radical (unpaired) electrons. The number of rotatable bonds is 10. The van der Waals surface area contributed by atoms with Crippen LogP contribution in [0.4, 0.5) is 0 Å². The monoisotopic (exact) mass is 466 g/mol. The van der Waals surface area contributed by atoms with Gasteiger partial charge in [-0.15, -0.1) is 11.6 Å². The van der Waals surface area contributed by atoms with E-state index in [0.717, 1.165) is 17.2 Å². The van der Waals surface area contributed by atoms with Crippen molar-refractivity contribution < 1.29 is 24.2 Å². The number of aromatic carboxylic acids is 1. The molecule has 3 aromatic carbocycles. The van der Waals surface area contributed by atoms with Gasteiger partial charge in [0.1, 0.15) is 19.0 Å². The van der Waals surface area contributed by atoms with Gasteiger partial charge in [-0.3, -0.25) is 0 Å². The third-order valence-corrected chi connectivity index (χ3v) is 5.43. The van der Waals surface area contributed by atoms with Crippen molar-refractivity contribution in [2.45, 2.75) is 25.6 Å². The minimum absolute atomic E-state index is 0.142. The van der Waals surface area contributed by atoms with E-state index >= 15 is 0 Å². The Balaban J connectivity index is 1.90. The van der Waals surface area contributed by atoms with Crippen LogP contribution >= 0.6 is 11.6 Å². The minimum atomic E-state index is -1.03. The number of carbonyl (C=O) groups is 2. The van der Waals surface area contributed by atoms with Crippen molar-refractivity contribution >= 4 is 34.3 Å². The largest absolute Gasteiger partial charge is 0.490 e. The second-order valence-corrected chi connectivity index (χ2v) is 8.80. The molecule has 33 heavy (non-hydrogen) atoms. The highest BCUT2D eigenvalue weighted by Crippen LogP contribution is 2.34. The van der Waals surface area contributed by atoms with Crippen LogP contribution in [0.2, 0.25) is 0 Å². The molecule has 0 aliphatic carbocycles. The number of hydrogen-bond acceptors (Lipinski definition) is 4. The molecule has 3 rings (SSSR count). The van der Waals surface area contributed by atoms with Crippen molar-refractivity contribution in [1.82, 2.24) is 0 Å². The molecule has 0 aliphatic heterocycles. The third kappa shape index (κ3) is 6.14. The highest BCUT2D eigenvalue weighted by Gasteiger charge is 2.17. The number of carboxylic acid groups (broad SMARTS) is 1. The van der Waals surface area contributed by atoms with Gasteiger partial charge in [-0.05, 0) is 59.0 Å². The van der Waals surface area contributed by atoms with Crippen LogP contribution in [0.1, 0.15) is 41.0 Å². The van der Waals surface area contributed by atoms with Gasteiger partial charge in [-0.1, -0.05) is 50.8 Å². The number of carbonyl (C=O) groups excluding carboxylic acids is 1. The summed E-state index contributed by atoms with van der Waals surface area (Å²) in [7, 11) is 0. The molecular formula is C27H27ClO5. The van der Waals surface area contributed by atoms with E-state index in [-0.39, 0.29) is 17.5 Å². The van der Waals surface area contributed by atoms with E-state index in [1.165, 1.54) is 0 Å². The lowest BCUT2D eigenvalue weighted by molar-refractivity contribution is 0.0498. The quantitative estimate of drug-likeness (QED) is 0.207. The van der Waals surface area contributed by atoms with Crippen LogP contribution in [0.25, 0.3) is 21.9 Å². The number of carboxylic acids is 1. The second-order valence-electron chi connectivity index (χ2n) is 8.18. The van der Waals surface area contributed by atoms with E-state index in [4.69, 9.17) is 21.1 Å². The summed E-state index contributed by atoms with van der Waals surface area (Å²) in [4.78, 5) is 24.3. The number of esters is 1. The molecule has 0 bridgehead atoms. The molecule has 0 aliphatic rings. The standard InChI is InChI=1S/C27H27ClO5/c1-4-13-32-22-10-12-23-20(15-22)9-11-24(26(29)30)25(23)18-5-7-19(8-6-18)27(31)33-16-21(28)14-17(2)3/h4-12,15,17,21H,1,13-14,16H2,2-3H3,(H,29,30). The lowest BCUT2D eigenvalue weighted by Crippen LogP contribution is -2.16. The Labute approximate surface area is 198 Å². The van der Waals surface area contributed by atoms with E-state index < -0.39 is 11.9 Å². The van der Waals surface area contributed by atoms with Gasteiger partial charge in [0.15, 0.2) is 0 Å². The zero-order valence-corrected chi connectivity index (χ0v) is 19.5. The number of benzene rings is 3. The Morgan fingerprint density at radius 3 is 2.45 bits per heavy atom. The normalized spacial score (nSPS) is 11.9. The molecule has 0 spiro atoms. The van der Waals surface area contributed by atoms with Crippen molar-refractivity contribution in [2.75, 3.05) is 13.2 Å². The molecule has 0 fully saturated rings. The lowest BCUT2D eigenvalue weighted by atomic mass is 9.92. The summed E-state index contributed by atoms with van der Waals surface area (Å²) in [5.41, 5.74) is 1.82. The maximum atomic E-state index is 12.4. The molecule has 1 unspecified atom stereocenters. The molecule has 0 aromatic heterocycles. The predicted molar refractivity (Wildman–Crippen MR) is 131 cm³/mol. The predicted octanol–water partition coefficient (Wildman–Crippen LogP) is 6.58. The Bertz CT molecular complexity index is 1150. The molecule has 0 saturated heterocycles. The maximum Gasteiger partial charge on any atom is 0.338 e. The molecule has 1 atom stereocenters. The first-order valence-corrected chi connectivity index (χ1v) is 11.2. The van der Waals surface area contributed by atoms with Gasteiger partial charge < -0.3 is 14.6 Å². The molecule has 0 saturated carbocycles. The van der Waals surface area contributed by atoms with Gasteiger partial charge in [0.25, 0.3) is 0 Å². The van der Waals surface area contributed by atoms with Crippen molar-refractivity contribution in [3.8, 4) is 16.9 Å². The van der Waals surface area contributed by atoms with Gasteiger partial charge >= 0.3 is 11.9 Å². The average Bonchev–Trinajstić information content (AvgIpc) is 2.79. The van der Waals surface area contributed by atoms with Gasteiger partial charge in [-0.2, -0.15) is 0 Å². The van der Waals surface area contributed by atoms with E-state index in [9.17, 15) is 14.7 Å².